The Kier molecular flexibility index (Phi) is 14.0. The van der Waals surface area contributed by atoms with Crippen LogP contribution >= 0.6 is 7.60 Å². The van der Waals surface area contributed by atoms with Gasteiger partial charge in [0.05, 0.1) is 25.9 Å². The summed E-state index contributed by atoms with van der Waals surface area (Å²) in [5.74, 6) is -0.673. The molecule has 11 atom stereocenters. The summed E-state index contributed by atoms with van der Waals surface area (Å²) < 4.78 is 48.4. The van der Waals surface area contributed by atoms with E-state index in [1.807, 2.05) is 45.9 Å². The predicted octanol–water partition coefficient (Wildman–Crippen LogP) is 5.84. The van der Waals surface area contributed by atoms with Crippen LogP contribution in [0.3, 0.4) is 0 Å². The minimum atomic E-state index is -3.59. The number of ether oxygens (including phenoxy) is 4. The van der Waals surface area contributed by atoms with Gasteiger partial charge in [-0.2, -0.15) is 0 Å². The molecule has 16 heteroatoms. The number of primary amides is 1. The van der Waals surface area contributed by atoms with Crippen molar-refractivity contribution in [1.82, 2.24) is 10.6 Å². The Balaban J connectivity index is 1.31. The molecule has 302 valence electrons. The van der Waals surface area contributed by atoms with Gasteiger partial charge in [-0.3, -0.25) is 14.2 Å². The van der Waals surface area contributed by atoms with E-state index in [1.165, 1.54) is 5.82 Å². The van der Waals surface area contributed by atoms with Crippen molar-refractivity contribution in [3.05, 3.63) is 47.8 Å². The third-order valence-corrected chi connectivity index (χ3v) is 12.7. The summed E-state index contributed by atoms with van der Waals surface area (Å²) in [6.07, 6.45) is 0.845. The molecular weight excluding hydrogens is 721 g/mol. The van der Waals surface area contributed by atoms with Gasteiger partial charge < -0.3 is 44.4 Å². The first-order valence-corrected chi connectivity index (χ1v) is 20.8. The summed E-state index contributed by atoms with van der Waals surface area (Å²) in [6.45, 7) is 13.2. The van der Waals surface area contributed by atoms with Crippen molar-refractivity contribution < 1.29 is 56.7 Å². The number of amides is 3. The van der Waals surface area contributed by atoms with Crippen molar-refractivity contribution >= 4 is 25.5 Å². The van der Waals surface area contributed by atoms with Crippen LogP contribution in [-0.2, 0) is 51.9 Å². The van der Waals surface area contributed by atoms with Gasteiger partial charge >= 0.3 is 13.7 Å². The fourth-order valence-electron chi connectivity index (χ4n) is 8.35. The van der Waals surface area contributed by atoms with Crippen molar-refractivity contribution in [2.24, 2.45) is 35.3 Å². The van der Waals surface area contributed by atoms with Crippen molar-refractivity contribution in [1.29, 1.82) is 0 Å². The molecule has 4 N–H and O–H groups in total. The largest absolute Gasteiger partial charge is 0.434 e. The first kappa shape index (κ1) is 42.3. The molecule has 1 spiro atoms. The molecule has 1 aromatic carbocycles. The summed E-state index contributed by atoms with van der Waals surface area (Å²) in [5.41, 5.74) is 5.30. The molecule has 3 amide bonds. The molecule has 2 bridgehead atoms. The highest BCUT2D eigenvalue weighted by atomic mass is 31.2. The van der Waals surface area contributed by atoms with Gasteiger partial charge in [-0.25, -0.2) is 14.6 Å². The Labute approximate surface area is 318 Å². The quantitative estimate of drug-likeness (QED) is 0.127. The Morgan fingerprint density at radius 1 is 1.00 bits per heavy atom. The Bertz CT molecular complexity index is 1520. The smallest absolute Gasteiger partial charge is 0.405 e. The fraction of sp³-hybridized carbons (Fsp3) is 0.711. The van der Waals surface area contributed by atoms with Crippen LogP contribution in [0.5, 0.6) is 0 Å². The molecule has 0 radical (unpaired) electrons. The fourth-order valence-corrected chi connectivity index (χ4v) is 9.70. The number of rotatable bonds is 17. The van der Waals surface area contributed by atoms with E-state index < -0.39 is 74.3 Å². The molecule has 6 rings (SSSR count). The van der Waals surface area contributed by atoms with Gasteiger partial charge in [0.15, 0.2) is 18.2 Å². The molecular formula is C38H58N3O12P. The summed E-state index contributed by atoms with van der Waals surface area (Å²) in [7, 11) is -3.59. The monoisotopic (exact) mass is 779 g/mol. The molecule has 5 aliphatic rings. The second-order valence-electron chi connectivity index (χ2n) is 15.3. The third kappa shape index (κ3) is 9.55. The average molecular weight is 780 g/mol. The number of nitrogens with one attached hydrogen (secondary N) is 2. The average Bonchev–Trinajstić information content (AvgIpc) is 3.35. The minimum Gasteiger partial charge on any atom is -0.434 e. The van der Waals surface area contributed by atoms with Crippen LogP contribution < -0.4 is 16.4 Å². The van der Waals surface area contributed by atoms with E-state index in [-0.39, 0.29) is 43.3 Å². The lowest BCUT2D eigenvalue weighted by Crippen LogP contribution is -2.70. The van der Waals surface area contributed by atoms with Gasteiger partial charge in [-0.1, -0.05) is 58.0 Å². The number of hydrogen-bond donors (Lipinski definition) is 3. The molecule has 4 aliphatic heterocycles. The molecule has 0 aromatic heterocycles. The van der Waals surface area contributed by atoms with Crippen LogP contribution in [0, 0.1) is 29.6 Å². The highest BCUT2D eigenvalue weighted by Crippen LogP contribution is 2.60. The number of hydrogen-bond acceptors (Lipinski definition) is 12. The normalized spacial score (nSPS) is 32.3. The summed E-state index contributed by atoms with van der Waals surface area (Å²) >= 11 is 0. The lowest BCUT2D eigenvalue weighted by atomic mass is 9.58. The van der Waals surface area contributed by atoms with Gasteiger partial charge in [-0.05, 0) is 75.8 Å². The zero-order valence-electron chi connectivity index (χ0n) is 32.4. The maximum Gasteiger partial charge on any atom is 0.405 e. The highest BCUT2D eigenvalue weighted by Gasteiger charge is 2.69. The predicted molar refractivity (Wildman–Crippen MR) is 196 cm³/mol. The number of carbonyl (C=O) groups excluding carboxylic acids is 3. The maximum atomic E-state index is 13.9. The Hall–Kier alpha value is -2.88. The van der Waals surface area contributed by atoms with E-state index >= 15 is 0 Å². The van der Waals surface area contributed by atoms with Crippen molar-refractivity contribution in [2.45, 2.75) is 123 Å². The highest BCUT2D eigenvalue weighted by molar-refractivity contribution is 7.57. The van der Waals surface area contributed by atoms with Crippen LogP contribution in [0.25, 0.3) is 0 Å². The molecule has 1 unspecified atom stereocenters. The topological polar surface area (TPSA) is 192 Å². The zero-order valence-corrected chi connectivity index (χ0v) is 33.3. The van der Waals surface area contributed by atoms with Gasteiger partial charge in [0.1, 0.15) is 6.04 Å². The number of fused-ring (bicyclic) bond motifs is 2. The second-order valence-corrected chi connectivity index (χ2v) is 17.2. The number of nitrogens with two attached hydrogens (primary N) is 1. The van der Waals surface area contributed by atoms with Crippen molar-refractivity contribution in [2.75, 3.05) is 19.8 Å². The molecule has 5 fully saturated rings. The van der Waals surface area contributed by atoms with Crippen molar-refractivity contribution in [3.8, 4) is 0 Å². The van der Waals surface area contributed by atoms with Crippen LogP contribution in [0.4, 0.5) is 4.79 Å². The van der Waals surface area contributed by atoms with Crippen LogP contribution in [0.2, 0.25) is 0 Å². The second kappa shape index (κ2) is 17.9. The first-order chi connectivity index (χ1) is 25.6. The minimum absolute atomic E-state index is 0.0246. The van der Waals surface area contributed by atoms with Crippen LogP contribution in [0.1, 0.15) is 92.2 Å². The van der Waals surface area contributed by atoms with Crippen molar-refractivity contribution in [3.63, 3.8) is 0 Å². The van der Waals surface area contributed by atoms with Gasteiger partial charge in [0.2, 0.25) is 17.8 Å². The van der Waals surface area contributed by atoms with Gasteiger partial charge in [0.25, 0.3) is 5.91 Å². The zero-order chi connectivity index (χ0) is 39.3. The van der Waals surface area contributed by atoms with Crippen LogP contribution in [0.15, 0.2) is 42.2 Å². The molecule has 1 aliphatic carbocycles. The summed E-state index contributed by atoms with van der Waals surface area (Å²) in [6, 6.07) is 7.25. The molecule has 4 heterocycles. The maximum absolute atomic E-state index is 13.9. The summed E-state index contributed by atoms with van der Waals surface area (Å²) in [4.78, 5) is 51.9. The molecule has 1 saturated carbocycles. The van der Waals surface area contributed by atoms with E-state index in [2.05, 4.69) is 17.6 Å². The van der Waals surface area contributed by atoms with Crippen LogP contribution in [-0.4, -0.2) is 73.8 Å². The van der Waals surface area contributed by atoms with E-state index in [9.17, 15) is 18.9 Å². The van der Waals surface area contributed by atoms with Gasteiger partial charge in [-0.15, -0.1) is 0 Å². The molecule has 4 saturated heterocycles. The van der Waals surface area contributed by atoms with E-state index in [0.29, 0.717) is 17.9 Å². The van der Waals surface area contributed by atoms with E-state index in [4.69, 9.17) is 43.5 Å². The standard InChI is InChI=1S/C38H58N3O12P/c1-8-47-54(45,48-9-2)20-18-29(26-13-11-10-12-14-26)40-32(42)30(21-23(3)4)41-33(43)31(49-36(39)44)22-46-34-25(6)28-16-15-24(5)27-17-19-37(7)51-35(50-34)38(27,28)53-52-37/h10-14,18,20,23-25,27-31,34-35H,8-9,15-17,19,21-22H2,1-7H3,(H2,39,44)(H,40,42)(H,41,43)/b20-18+/t24-,25-,27+,28+,29?,30+,31+,34+,35-,37-,38-/m1/s1. The molecule has 1 aromatic rings. The lowest BCUT2D eigenvalue weighted by molar-refractivity contribution is -0.577. The summed E-state index contributed by atoms with van der Waals surface area (Å²) in [5, 5.41) is 5.70. The Morgan fingerprint density at radius 3 is 2.35 bits per heavy atom. The van der Waals surface area contributed by atoms with E-state index in [1.54, 1.807) is 32.1 Å². The molecule has 54 heavy (non-hydrogen) atoms. The Morgan fingerprint density at radius 2 is 1.70 bits per heavy atom. The van der Waals surface area contributed by atoms with Gasteiger partial charge in [0, 0.05) is 24.1 Å². The molecule has 15 nitrogen and oxygen atoms in total. The first-order valence-electron chi connectivity index (χ1n) is 19.1. The van der Waals surface area contributed by atoms with E-state index in [0.717, 1.165) is 19.3 Å². The number of carbonyl (C=O) groups is 3. The lowest BCUT2D eigenvalue weighted by Gasteiger charge is -2.60. The SMILES string of the molecule is CCOP(=O)(/C=C/C(NC(=O)[C@H](CC(C)C)NC(=O)[C@H](CO[C@H]1O[C@@H]2O[C@@]3(C)CC[C@H]4[C@H](C)CC[C@@H]([C@H]1C)[C@@]24OO3)OC(N)=O)c1ccccc1)OCC. The third-order valence-electron chi connectivity index (χ3n) is 10.9. The number of benzene rings is 1.